The average molecular weight is 682 g/mol. The van der Waals surface area contributed by atoms with Gasteiger partial charge in [0.2, 0.25) is 17.7 Å². The number of carbonyl (C=O) groups is 6. The number of nitrogens with zero attached hydrogens (tertiary/aromatic N) is 5. The zero-order chi connectivity index (χ0) is 35.1. The van der Waals surface area contributed by atoms with Crippen LogP contribution in [0.15, 0.2) is 36.4 Å². The number of carboxylic acids is 1. The van der Waals surface area contributed by atoms with Crippen LogP contribution in [0.2, 0.25) is 0 Å². The van der Waals surface area contributed by atoms with Crippen LogP contribution in [0.25, 0.3) is 5.69 Å². The SMILES string of the molecule is CCOC(=O)N1CCN(C(=O)C(CCC(=O)O)NC(=O)c2cc(O[C@@H](C)C(=O)N3CCC[C@H]3C(=O)NC3CC3)n(-c3ccccc3)n2)CC1. The van der Waals surface area contributed by atoms with Gasteiger partial charge in [-0.05, 0) is 58.1 Å². The zero-order valence-electron chi connectivity index (χ0n) is 27.7. The van der Waals surface area contributed by atoms with Crippen molar-refractivity contribution in [2.45, 2.75) is 76.6 Å². The second-order valence-corrected chi connectivity index (χ2v) is 12.3. The van der Waals surface area contributed by atoms with E-state index in [0.717, 1.165) is 12.8 Å². The largest absolute Gasteiger partial charge is 0.481 e. The number of ether oxygens (including phenoxy) is 2. The Morgan fingerprint density at radius 1 is 0.959 bits per heavy atom. The van der Waals surface area contributed by atoms with Crippen molar-refractivity contribution in [2.24, 2.45) is 0 Å². The van der Waals surface area contributed by atoms with Gasteiger partial charge in [-0.3, -0.25) is 24.0 Å². The van der Waals surface area contributed by atoms with Gasteiger partial charge in [-0.2, -0.15) is 5.10 Å². The molecule has 1 aromatic carbocycles. The van der Waals surface area contributed by atoms with Crippen molar-refractivity contribution in [2.75, 3.05) is 39.3 Å². The Kier molecular flexibility index (Phi) is 11.4. The summed E-state index contributed by atoms with van der Waals surface area (Å²) >= 11 is 0. The minimum absolute atomic E-state index is 0.0823. The summed E-state index contributed by atoms with van der Waals surface area (Å²) in [5.74, 6) is -2.82. The lowest BCUT2D eigenvalue weighted by Crippen LogP contribution is -2.56. The van der Waals surface area contributed by atoms with E-state index in [1.165, 1.54) is 25.4 Å². The third kappa shape index (κ3) is 8.86. The number of nitrogens with one attached hydrogen (secondary N) is 2. The molecule has 0 spiro atoms. The lowest BCUT2D eigenvalue weighted by molar-refractivity contribution is -0.143. The maximum absolute atomic E-state index is 13.6. The van der Waals surface area contributed by atoms with E-state index in [1.54, 1.807) is 44.2 Å². The summed E-state index contributed by atoms with van der Waals surface area (Å²) in [5, 5.41) is 19.4. The van der Waals surface area contributed by atoms with Gasteiger partial charge in [-0.1, -0.05) is 18.2 Å². The number of rotatable bonds is 13. The number of hydrogen-bond acceptors (Lipinski definition) is 9. The van der Waals surface area contributed by atoms with Crippen molar-refractivity contribution in [3.8, 4) is 11.6 Å². The molecule has 1 saturated carbocycles. The minimum atomic E-state index is -1.18. The fourth-order valence-electron chi connectivity index (χ4n) is 5.91. The molecule has 0 radical (unpaired) electrons. The van der Waals surface area contributed by atoms with E-state index in [-0.39, 0.29) is 75.1 Å². The fourth-order valence-corrected chi connectivity index (χ4v) is 5.91. The number of likely N-dealkylation sites (tertiary alicyclic amines) is 1. The van der Waals surface area contributed by atoms with Crippen molar-refractivity contribution in [3.05, 3.63) is 42.1 Å². The first-order valence-electron chi connectivity index (χ1n) is 16.7. The van der Waals surface area contributed by atoms with E-state index in [1.807, 2.05) is 0 Å². The number of carbonyl (C=O) groups excluding carboxylic acids is 5. The molecule has 5 amide bonds. The van der Waals surface area contributed by atoms with Gasteiger partial charge in [0.25, 0.3) is 11.8 Å². The highest BCUT2D eigenvalue weighted by Gasteiger charge is 2.39. The van der Waals surface area contributed by atoms with Gasteiger partial charge >= 0.3 is 12.1 Å². The van der Waals surface area contributed by atoms with Crippen molar-refractivity contribution in [1.29, 1.82) is 0 Å². The van der Waals surface area contributed by atoms with Crippen LogP contribution >= 0.6 is 0 Å². The van der Waals surface area contributed by atoms with Gasteiger partial charge in [-0.15, -0.1) is 0 Å². The third-order valence-electron chi connectivity index (χ3n) is 8.69. The van der Waals surface area contributed by atoms with E-state index in [4.69, 9.17) is 9.47 Å². The summed E-state index contributed by atoms with van der Waals surface area (Å²) in [7, 11) is 0. The Bertz CT molecular complexity index is 1540. The zero-order valence-corrected chi connectivity index (χ0v) is 27.7. The molecular weight excluding hydrogens is 638 g/mol. The summed E-state index contributed by atoms with van der Waals surface area (Å²) < 4.78 is 12.5. The predicted octanol–water partition coefficient (Wildman–Crippen LogP) is 1.17. The molecule has 3 fully saturated rings. The van der Waals surface area contributed by atoms with Crippen LogP contribution in [-0.4, -0.2) is 129 Å². The summed E-state index contributed by atoms with van der Waals surface area (Å²) in [6.45, 7) is 4.74. The van der Waals surface area contributed by atoms with Crippen molar-refractivity contribution in [1.82, 2.24) is 35.1 Å². The Morgan fingerprint density at radius 3 is 2.31 bits per heavy atom. The third-order valence-corrected chi connectivity index (χ3v) is 8.69. The summed E-state index contributed by atoms with van der Waals surface area (Å²) in [6.07, 6.45) is 1.08. The van der Waals surface area contributed by atoms with Crippen molar-refractivity contribution >= 4 is 35.7 Å². The number of piperazine rings is 1. The van der Waals surface area contributed by atoms with Crippen LogP contribution in [0.4, 0.5) is 4.79 Å². The minimum Gasteiger partial charge on any atom is -0.481 e. The van der Waals surface area contributed by atoms with Crippen molar-refractivity contribution < 1.29 is 43.3 Å². The number of amides is 5. The van der Waals surface area contributed by atoms with Gasteiger partial charge < -0.3 is 39.9 Å². The Balaban J connectivity index is 1.31. The molecule has 264 valence electrons. The smallest absolute Gasteiger partial charge is 0.409 e. The summed E-state index contributed by atoms with van der Waals surface area (Å²) in [5.41, 5.74) is 0.415. The molecule has 1 aromatic heterocycles. The van der Waals surface area contributed by atoms with Gasteiger partial charge in [0.1, 0.15) is 12.1 Å². The Hall–Kier alpha value is -5.15. The highest BCUT2D eigenvalue weighted by molar-refractivity contribution is 5.96. The standard InChI is InChI=1S/C33H43N7O9/c1-3-48-33(47)38-18-16-37(17-19-38)32(46)24(13-14-28(41)42)35-29(43)25-20-27(40(36-25)23-8-5-4-6-9-23)49-21(2)31(45)39-15-7-10-26(39)30(44)34-22-11-12-22/h4-6,8-9,20-22,24,26H,3,7,10-19H2,1-2H3,(H,34,44)(H,35,43)(H,41,42)/t21-,24?,26-/m0/s1. The van der Waals surface area contributed by atoms with Crippen LogP contribution in [0.3, 0.4) is 0 Å². The van der Waals surface area contributed by atoms with Crippen LogP contribution in [-0.2, 0) is 23.9 Å². The lowest BCUT2D eigenvalue weighted by Gasteiger charge is -2.35. The van der Waals surface area contributed by atoms with Crippen LogP contribution in [0, 0.1) is 0 Å². The second kappa shape index (κ2) is 15.8. The first kappa shape index (κ1) is 35.2. The highest BCUT2D eigenvalue weighted by Crippen LogP contribution is 2.25. The Labute approximate surface area is 283 Å². The first-order chi connectivity index (χ1) is 23.5. The second-order valence-electron chi connectivity index (χ2n) is 12.3. The van der Waals surface area contributed by atoms with E-state index >= 15 is 0 Å². The monoisotopic (exact) mass is 681 g/mol. The summed E-state index contributed by atoms with van der Waals surface area (Å²) in [6, 6.07) is 8.58. The molecule has 0 bridgehead atoms. The molecule has 5 rings (SSSR count). The summed E-state index contributed by atoms with van der Waals surface area (Å²) in [4.78, 5) is 81.5. The maximum Gasteiger partial charge on any atom is 0.409 e. The van der Waals surface area contributed by atoms with Gasteiger partial charge in [-0.25, -0.2) is 9.48 Å². The number of para-hydroxylation sites is 1. The molecule has 3 N–H and O–H groups in total. The molecule has 16 heteroatoms. The van der Waals surface area contributed by atoms with Gasteiger partial charge in [0.05, 0.1) is 12.3 Å². The molecule has 2 aliphatic heterocycles. The van der Waals surface area contributed by atoms with E-state index in [0.29, 0.717) is 25.1 Å². The highest BCUT2D eigenvalue weighted by atomic mass is 16.6. The topological polar surface area (TPSA) is 193 Å². The predicted molar refractivity (Wildman–Crippen MR) is 173 cm³/mol. The van der Waals surface area contributed by atoms with Crippen LogP contribution in [0.1, 0.15) is 62.9 Å². The van der Waals surface area contributed by atoms with E-state index < -0.39 is 42.1 Å². The molecule has 2 saturated heterocycles. The number of hydrogen-bond donors (Lipinski definition) is 3. The lowest BCUT2D eigenvalue weighted by atomic mass is 10.1. The molecule has 16 nitrogen and oxygen atoms in total. The van der Waals surface area contributed by atoms with Crippen LogP contribution < -0.4 is 15.4 Å². The maximum atomic E-state index is 13.6. The fraction of sp³-hybridized carbons (Fsp3) is 0.545. The molecule has 1 unspecified atom stereocenters. The molecule has 3 aliphatic rings. The normalized spacial score (nSPS) is 18.7. The number of benzene rings is 1. The average Bonchev–Trinajstić information content (AvgIpc) is 3.59. The Morgan fingerprint density at radius 2 is 1.65 bits per heavy atom. The van der Waals surface area contributed by atoms with E-state index in [9.17, 15) is 33.9 Å². The van der Waals surface area contributed by atoms with Crippen molar-refractivity contribution in [3.63, 3.8) is 0 Å². The number of aliphatic carboxylic acids is 1. The molecule has 1 aliphatic carbocycles. The van der Waals surface area contributed by atoms with Crippen LogP contribution in [0.5, 0.6) is 5.88 Å². The molecule has 3 heterocycles. The van der Waals surface area contributed by atoms with Gasteiger partial charge in [0.15, 0.2) is 11.8 Å². The molecule has 3 atom stereocenters. The van der Waals surface area contributed by atoms with E-state index in [2.05, 4.69) is 15.7 Å². The van der Waals surface area contributed by atoms with Gasteiger partial charge in [0, 0.05) is 51.3 Å². The quantitative estimate of drug-likeness (QED) is 0.277. The molecule has 49 heavy (non-hydrogen) atoms. The number of aromatic nitrogens is 2. The molecule has 2 aromatic rings. The number of carboxylic acid groups (broad SMARTS) is 1. The first-order valence-corrected chi connectivity index (χ1v) is 16.7. The molecular formula is C33H43N7O9.